The van der Waals surface area contributed by atoms with Gasteiger partial charge in [-0.25, -0.2) is 0 Å². The summed E-state index contributed by atoms with van der Waals surface area (Å²) in [5.74, 6) is 1.01. The van der Waals surface area contributed by atoms with E-state index in [1.807, 2.05) is 6.07 Å². The van der Waals surface area contributed by atoms with Crippen LogP contribution in [0.1, 0.15) is 31.7 Å². The number of rotatable bonds is 5. The molecule has 2 heteroatoms. The van der Waals surface area contributed by atoms with Crippen LogP contribution in [0.5, 0.6) is 5.75 Å². The highest BCUT2D eigenvalue weighted by Gasteiger charge is 2.13. The smallest absolute Gasteiger partial charge is 0.119 e. The van der Waals surface area contributed by atoms with Crippen LogP contribution in [0.4, 0.5) is 0 Å². The largest absolute Gasteiger partial charge is 0.494 e. The van der Waals surface area contributed by atoms with Crippen molar-refractivity contribution in [3.63, 3.8) is 0 Å². The molecule has 1 aromatic carbocycles. The van der Waals surface area contributed by atoms with E-state index in [-0.39, 0.29) is 0 Å². The second-order valence-corrected chi connectivity index (χ2v) is 4.43. The molecular formula is C14H21NO. The zero-order valence-electron chi connectivity index (χ0n) is 10.0. The van der Waals surface area contributed by atoms with Crippen LogP contribution in [0.2, 0.25) is 0 Å². The maximum atomic E-state index is 5.77. The zero-order valence-corrected chi connectivity index (χ0v) is 10.0. The second kappa shape index (κ2) is 5.90. The molecule has 1 aliphatic heterocycles. The molecule has 0 aromatic heterocycles. The maximum absolute atomic E-state index is 5.77. The third-order valence-corrected chi connectivity index (χ3v) is 3.20. The number of aryl methyl sites for hydroxylation is 1. The van der Waals surface area contributed by atoms with Crippen molar-refractivity contribution >= 4 is 0 Å². The van der Waals surface area contributed by atoms with E-state index in [0.717, 1.165) is 25.2 Å². The average Bonchev–Trinajstić information content (AvgIpc) is 2.82. The fraction of sp³-hybridized carbons (Fsp3) is 0.571. The van der Waals surface area contributed by atoms with Crippen LogP contribution in [-0.2, 0) is 6.42 Å². The van der Waals surface area contributed by atoms with Gasteiger partial charge in [0.05, 0.1) is 6.61 Å². The Balaban J connectivity index is 1.75. The summed E-state index contributed by atoms with van der Waals surface area (Å²) in [4.78, 5) is 0. The molecule has 2 rings (SSSR count). The van der Waals surface area contributed by atoms with Crippen molar-refractivity contribution in [2.75, 3.05) is 13.2 Å². The minimum Gasteiger partial charge on any atom is -0.494 e. The molecular weight excluding hydrogens is 198 g/mol. The van der Waals surface area contributed by atoms with Crippen LogP contribution >= 0.6 is 0 Å². The highest BCUT2D eigenvalue weighted by Crippen LogP contribution is 2.15. The van der Waals surface area contributed by atoms with Crippen molar-refractivity contribution in [1.29, 1.82) is 0 Å². The summed E-state index contributed by atoms with van der Waals surface area (Å²) < 4.78 is 5.77. The Hall–Kier alpha value is -1.02. The maximum Gasteiger partial charge on any atom is 0.119 e. The predicted octanol–water partition coefficient (Wildman–Crippen LogP) is 2.77. The topological polar surface area (TPSA) is 21.3 Å². The minimum atomic E-state index is 0.675. The van der Waals surface area contributed by atoms with Gasteiger partial charge in [-0.15, -0.1) is 0 Å². The number of ether oxygens (including phenoxy) is 1. The lowest BCUT2D eigenvalue weighted by Gasteiger charge is -2.11. The van der Waals surface area contributed by atoms with Crippen molar-refractivity contribution in [2.45, 2.75) is 38.6 Å². The Labute approximate surface area is 98.0 Å². The van der Waals surface area contributed by atoms with E-state index in [1.54, 1.807) is 0 Å². The average molecular weight is 219 g/mol. The van der Waals surface area contributed by atoms with Crippen LogP contribution in [0, 0.1) is 0 Å². The van der Waals surface area contributed by atoms with Gasteiger partial charge >= 0.3 is 0 Å². The summed E-state index contributed by atoms with van der Waals surface area (Å²) >= 11 is 0. The Kier molecular flexibility index (Phi) is 4.23. The van der Waals surface area contributed by atoms with Crippen LogP contribution in [0.25, 0.3) is 0 Å². The quantitative estimate of drug-likeness (QED) is 0.822. The molecule has 0 saturated carbocycles. The van der Waals surface area contributed by atoms with Gasteiger partial charge in [0.25, 0.3) is 0 Å². The molecule has 1 atom stereocenters. The fourth-order valence-electron chi connectivity index (χ4n) is 2.18. The summed E-state index contributed by atoms with van der Waals surface area (Å²) in [6.07, 6.45) is 4.81. The van der Waals surface area contributed by atoms with E-state index in [9.17, 15) is 0 Å². The normalized spacial score (nSPS) is 19.9. The fourth-order valence-corrected chi connectivity index (χ4v) is 2.18. The summed E-state index contributed by atoms with van der Waals surface area (Å²) in [5.41, 5.74) is 1.34. The summed E-state index contributed by atoms with van der Waals surface area (Å²) in [5, 5.41) is 3.49. The minimum absolute atomic E-state index is 0.675. The number of hydrogen-bond acceptors (Lipinski definition) is 2. The standard InChI is InChI=1S/C14H21NO/c1-2-12-5-3-7-14(11-12)16-10-8-13-6-4-9-15-13/h3,5,7,11,13,15H,2,4,6,8-10H2,1H3. The van der Waals surface area contributed by atoms with Gasteiger partial charge in [0.15, 0.2) is 0 Å². The van der Waals surface area contributed by atoms with Gasteiger partial charge in [0.1, 0.15) is 5.75 Å². The molecule has 0 spiro atoms. The van der Waals surface area contributed by atoms with E-state index < -0.39 is 0 Å². The lowest BCUT2D eigenvalue weighted by atomic mass is 10.1. The molecule has 0 amide bonds. The number of benzene rings is 1. The molecule has 1 saturated heterocycles. The lowest BCUT2D eigenvalue weighted by molar-refractivity contribution is 0.292. The highest BCUT2D eigenvalue weighted by molar-refractivity contribution is 5.28. The van der Waals surface area contributed by atoms with Crippen LogP contribution in [-0.4, -0.2) is 19.2 Å². The molecule has 1 heterocycles. The van der Waals surface area contributed by atoms with E-state index >= 15 is 0 Å². The van der Waals surface area contributed by atoms with Gasteiger partial charge in [-0.3, -0.25) is 0 Å². The summed E-state index contributed by atoms with van der Waals surface area (Å²) in [6, 6.07) is 9.07. The van der Waals surface area contributed by atoms with Crippen LogP contribution in [0.3, 0.4) is 0 Å². The molecule has 16 heavy (non-hydrogen) atoms. The Bertz CT molecular complexity index is 318. The first-order valence-electron chi connectivity index (χ1n) is 6.33. The molecule has 88 valence electrons. The second-order valence-electron chi connectivity index (χ2n) is 4.43. The SMILES string of the molecule is CCc1cccc(OCCC2CCCN2)c1. The lowest BCUT2D eigenvalue weighted by Crippen LogP contribution is -2.23. The molecule has 1 aliphatic rings. The Morgan fingerprint density at radius 1 is 1.44 bits per heavy atom. The predicted molar refractivity (Wildman–Crippen MR) is 67.0 cm³/mol. The first-order valence-corrected chi connectivity index (χ1v) is 6.33. The van der Waals surface area contributed by atoms with E-state index in [0.29, 0.717) is 6.04 Å². The Morgan fingerprint density at radius 2 is 2.38 bits per heavy atom. The van der Waals surface area contributed by atoms with Gasteiger partial charge in [0.2, 0.25) is 0 Å². The van der Waals surface area contributed by atoms with Crippen LogP contribution < -0.4 is 10.1 Å². The number of nitrogens with one attached hydrogen (secondary N) is 1. The van der Waals surface area contributed by atoms with Crippen molar-refractivity contribution in [1.82, 2.24) is 5.32 Å². The molecule has 2 nitrogen and oxygen atoms in total. The van der Waals surface area contributed by atoms with Gasteiger partial charge in [-0.2, -0.15) is 0 Å². The van der Waals surface area contributed by atoms with Crippen LogP contribution in [0.15, 0.2) is 24.3 Å². The van der Waals surface area contributed by atoms with Crippen molar-refractivity contribution in [3.8, 4) is 5.75 Å². The van der Waals surface area contributed by atoms with Crippen molar-refractivity contribution < 1.29 is 4.74 Å². The molecule has 0 radical (unpaired) electrons. The zero-order chi connectivity index (χ0) is 11.2. The van der Waals surface area contributed by atoms with E-state index in [1.165, 1.54) is 24.9 Å². The van der Waals surface area contributed by atoms with Crippen molar-refractivity contribution in [3.05, 3.63) is 29.8 Å². The van der Waals surface area contributed by atoms with E-state index in [2.05, 4.69) is 30.4 Å². The number of hydrogen-bond donors (Lipinski definition) is 1. The molecule has 0 bridgehead atoms. The van der Waals surface area contributed by atoms with Gasteiger partial charge < -0.3 is 10.1 Å². The van der Waals surface area contributed by atoms with Crippen molar-refractivity contribution in [2.24, 2.45) is 0 Å². The third kappa shape index (κ3) is 3.24. The molecule has 0 aliphatic carbocycles. The van der Waals surface area contributed by atoms with Gasteiger partial charge in [0, 0.05) is 6.04 Å². The summed E-state index contributed by atoms with van der Waals surface area (Å²) in [7, 11) is 0. The highest BCUT2D eigenvalue weighted by atomic mass is 16.5. The van der Waals surface area contributed by atoms with Gasteiger partial charge in [-0.1, -0.05) is 19.1 Å². The first-order chi connectivity index (χ1) is 7.88. The first kappa shape index (κ1) is 11.5. The van der Waals surface area contributed by atoms with Gasteiger partial charge in [-0.05, 0) is 49.9 Å². The Morgan fingerprint density at radius 3 is 3.12 bits per heavy atom. The molecule has 1 fully saturated rings. The monoisotopic (exact) mass is 219 g/mol. The van der Waals surface area contributed by atoms with E-state index in [4.69, 9.17) is 4.74 Å². The molecule has 1 N–H and O–H groups in total. The molecule has 1 aromatic rings. The molecule has 1 unspecified atom stereocenters. The third-order valence-electron chi connectivity index (χ3n) is 3.20. The summed E-state index contributed by atoms with van der Waals surface area (Å²) in [6.45, 7) is 4.17.